The smallest absolute Gasteiger partial charge is 0.416 e. The number of carbonyl (C=O) groups is 1. The SMILES string of the molecule is CC(C)Oc1cccc(-c2nc3nc(C(=O)OC(C)C4CCC4)nc(N)c3n2Cc2ccc(C(F)(F)F)cc2)c1. The third-order valence-corrected chi connectivity index (χ3v) is 7.01. The zero-order valence-corrected chi connectivity index (χ0v) is 22.4. The van der Waals surface area contributed by atoms with Gasteiger partial charge in [-0.2, -0.15) is 13.2 Å². The third-order valence-electron chi connectivity index (χ3n) is 7.01. The molecule has 2 aromatic heterocycles. The maximum atomic E-state index is 13.1. The van der Waals surface area contributed by atoms with Crippen LogP contribution in [0, 0.1) is 5.92 Å². The molecule has 8 nitrogen and oxygen atoms in total. The lowest BCUT2D eigenvalue weighted by Gasteiger charge is -2.30. The number of nitrogens with zero attached hydrogens (tertiary/aromatic N) is 4. The van der Waals surface area contributed by atoms with Crippen molar-refractivity contribution in [2.45, 2.75) is 65.0 Å². The molecule has 0 saturated heterocycles. The Morgan fingerprint density at radius 3 is 2.42 bits per heavy atom. The second-order valence-electron chi connectivity index (χ2n) is 10.3. The minimum absolute atomic E-state index is 0.00786. The Bertz CT molecular complexity index is 1530. The maximum Gasteiger partial charge on any atom is 0.416 e. The summed E-state index contributed by atoms with van der Waals surface area (Å²) in [6, 6.07) is 12.1. The first-order valence-corrected chi connectivity index (χ1v) is 13.2. The highest BCUT2D eigenvalue weighted by Crippen LogP contribution is 2.33. The van der Waals surface area contributed by atoms with Gasteiger partial charge in [-0.05, 0) is 69.4 Å². The molecule has 2 N–H and O–H groups in total. The van der Waals surface area contributed by atoms with Crippen molar-refractivity contribution >= 4 is 23.0 Å². The van der Waals surface area contributed by atoms with E-state index < -0.39 is 17.7 Å². The lowest BCUT2D eigenvalue weighted by molar-refractivity contribution is -0.137. The largest absolute Gasteiger partial charge is 0.491 e. The van der Waals surface area contributed by atoms with E-state index in [4.69, 9.17) is 20.2 Å². The topological polar surface area (TPSA) is 105 Å². The van der Waals surface area contributed by atoms with E-state index in [1.54, 1.807) is 4.57 Å². The van der Waals surface area contributed by atoms with Gasteiger partial charge in [0.05, 0.1) is 11.7 Å². The second kappa shape index (κ2) is 10.8. The highest BCUT2D eigenvalue weighted by atomic mass is 19.4. The maximum absolute atomic E-state index is 13.1. The van der Waals surface area contributed by atoms with Crippen molar-refractivity contribution < 1.29 is 27.4 Å². The molecule has 4 aromatic rings. The fraction of sp³-hybridized carbons (Fsp3) is 0.379. The Balaban J connectivity index is 1.57. The quantitative estimate of drug-likeness (QED) is 0.256. The van der Waals surface area contributed by atoms with Gasteiger partial charge in [-0.1, -0.05) is 30.7 Å². The van der Waals surface area contributed by atoms with Gasteiger partial charge >= 0.3 is 12.1 Å². The second-order valence-corrected chi connectivity index (χ2v) is 10.3. The highest BCUT2D eigenvalue weighted by molar-refractivity contribution is 5.92. The Hall–Kier alpha value is -4.15. The van der Waals surface area contributed by atoms with Gasteiger partial charge in [-0.15, -0.1) is 0 Å². The molecule has 5 rings (SSSR count). The van der Waals surface area contributed by atoms with Crippen LogP contribution in [0.3, 0.4) is 0 Å². The molecule has 1 saturated carbocycles. The number of ether oxygens (including phenoxy) is 2. The van der Waals surface area contributed by atoms with Crippen molar-refractivity contribution in [1.82, 2.24) is 19.5 Å². The van der Waals surface area contributed by atoms with Gasteiger partial charge in [0, 0.05) is 12.1 Å². The molecule has 1 atom stereocenters. The van der Waals surface area contributed by atoms with Crippen LogP contribution in [0.2, 0.25) is 0 Å². The van der Waals surface area contributed by atoms with Crippen LogP contribution in [0.25, 0.3) is 22.6 Å². The number of nitrogen functional groups attached to an aromatic ring is 1. The molecule has 0 radical (unpaired) electrons. The number of anilines is 1. The van der Waals surface area contributed by atoms with Crippen molar-refractivity contribution in [2.75, 3.05) is 5.73 Å². The average Bonchev–Trinajstić information content (AvgIpc) is 3.21. The van der Waals surface area contributed by atoms with Crippen molar-refractivity contribution in [1.29, 1.82) is 0 Å². The van der Waals surface area contributed by atoms with E-state index in [2.05, 4.69) is 9.97 Å². The molecular weight excluding hydrogens is 523 g/mol. The summed E-state index contributed by atoms with van der Waals surface area (Å²) in [4.78, 5) is 26.2. The summed E-state index contributed by atoms with van der Waals surface area (Å²) in [5.41, 5.74) is 7.39. The number of aromatic nitrogens is 4. The minimum Gasteiger partial charge on any atom is -0.491 e. The number of alkyl halides is 3. The molecule has 0 bridgehead atoms. The average molecular weight is 554 g/mol. The number of fused-ring (bicyclic) bond motifs is 1. The van der Waals surface area contributed by atoms with Crippen LogP contribution < -0.4 is 10.5 Å². The van der Waals surface area contributed by atoms with Crippen LogP contribution in [0.4, 0.5) is 19.0 Å². The summed E-state index contributed by atoms with van der Waals surface area (Å²) in [7, 11) is 0. The van der Waals surface area contributed by atoms with E-state index in [1.165, 1.54) is 12.1 Å². The van der Waals surface area contributed by atoms with Gasteiger partial charge in [0.15, 0.2) is 11.5 Å². The Kier molecular flexibility index (Phi) is 7.39. The Morgan fingerprint density at radius 2 is 1.80 bits per heavy atom. The molecule has 1 fully saturated rings. The summed E-state index contributed by atoms with van der Waals surface area (Å²) in [6.45, 7) is 5.81. The van der Waals surface area contributed by atoms with Gasteiger partial charge in [0.25, 0.3) is 0 Å². The van der Waals surface area contributed by atoms with Gasteiger partial charge in [0.2, 0.25) is 5.82 Å². The van der Waals surface area contributed by atoms with Crippen molar-refractivity contribution in [3.8, 4) is 17.1 Å². The van der Waals surface area contributed by atoms with E-state index in [0.29, 0.717) is 34.1 Å². The van der Waals surface area contributed by atoms with Crippen LogP contribution in [-0.2, 0) is 17.5 Å². The first-order valence-electron chi connectivity index (χ1n) is 13.2. The summed E-state index contributed by atoms with van der Waals surface area (Å²) >= 11 is 0. The minimum atomic E-state index is -4.44. The zero-order chi connectivity index (χ0) is 28.6. The fourth-order valence-electron chi connectivity index (χ4n) is 4.72. The van der Waals surface area contributed by atoms with E-state index in [0.717, 1.165) is 31.4 Å². The number of hydrogen-bond acceptors (Lipinski definition) is 7. The number of halogens is 3. The van der Waals surface area contributed by atoms with Gasteiger partial charge in [-0.25, -0.2) is 19.7 Å². The lowest BCUT2D eigenvalue weighted by Crippen LogP contribution is -2.29. The zero-order valence-electron chi connectivity index (χ0n) is 22.4. The number of benzene rings is 2. The van der Waals surface area contributed by atoms with Crippen molar-refractivity contribution in [2.24, 2.45) is 5.92 Å². The molecule has 0 spiro atoms. The number of carbonyl (C=O) groups excluding carboxylic acids is 1. The molecule has 40 heavy (non-hydrogen) atoms. The van der Waals surface area contributed by atoms with E-state index >= 15 is 0 Å². The number of hydrogen-bond donors (Lipinski definition) is 1. The third kappa shape index (κ3) is 5.73. The summed E-state index contributed by atoms with van der Waals surface area (Å²) in [5.74, 6) is 0.513. The molecule has 1 aliphatic rings. The molecule has 1 aliphatic carbocycles. The summed E-state index contributed by atoms with van der Waals surface area (Å²) < 4.78 is 52.5. The van der Waals surface area contributed by atoms with Gasteiger partial charge < -0.3 is 19.8 Å². The first-order chi connectivity index (χ1) is 19.0. The summed E-state index contributed by atoms with van der Waals surface area (Å²) in [6.07, 6.45) is -1.63. The standard InChI is InChI=1S/C29H30F3N5O3/c1-16(2)39-22-9-5-8-20(14-22)27-36-25-23(37(27)15-18-10-12-21(13-11-18)29(30,31)32)24(33)34-26(35-25)28(38)40-17(3)19-6-4-7-19/h5,8-14,16-17,19H,4,6-7,15H2,1-3H3,(H2,33,34,35). The van der Waals surface area contributed by atoms with Crippen LogP contribution in [-0.4, -0.2) is 37.7 Å². The predicted molar refractivity (Wildman–Crippen MR) is 144 cm³/mol. The molecule has 0 aliphatic heterocycles. The Labute approximate surface area is 229 Å². The molecular formula is C29H30F3N5O3. The van der Waals surface area contributed by atoms with Crippen LogP contribution in [0.1, 0.15) is 61.8 Å². The van der Waals surface area contributed by atoms with Gasteiger partial charge in [-0.3, -0.25) is 0 Å². The van der Waals surface area contributed by atoms with Crippen molar-refractivity contribution in [3.05, 3.63) is 65.5 Å². The van der Waals surface area contributed by atoms with Gasteiger partial charge in [0.1, 0.15) is 23.2 Å². The monoisotopic (exact) mass is 553 g/mol. The van der Waals surface area contributed by atoms with E-state index in [9.17, 15) is 18.0 Å². The number of esters is 1. The highest BCUT2D eigenvalue weighted by Gasteiger charge is 2.31. The van der Waals surface area contributed by atoms with Crippen LogP contribution >= 0.6 is 0 Å². The number of nitrogens with two attached hydrogens (primary N) is 1. The van der Waals surface area contributed by atoms with Crippen molar-refractivity contribution in [3.63, 3.8) is 0 Å². The number of rotatable bonds is 8. The van der Waals surface area contributed by atoms with E-state index in [1.807, 2.05) is 45.0 Å². The molecule has 210 valence electrons. The number of imidazole rings is 1. The molecule has 2 aromatic carbocycles. The molecule has 11 heteroatoms. The van der Waals surface area contributed by atoms with Crippen LogP contribution in [0.15, 0.2) is 48.5 Å². The summed E-state index contributed by atoms with van der Waals surface area (Å²) in [5, 5.41) is 0. The molecule has 1 unspecified atom stereocenters. The lowest BCUT2D eigenvalue weighted by atomic mass is 9.82. The molecule has 0 amide bonds. The normalized spacial score (nSPS) is 14.8. The first kappa shape index (κ1) is 27.4. The predicted octanol–water partition coefficient (Wildman–Crippen LogP) is 6.28. The molecule has 2 heterocycles. The fourth-order valence-corrected chi connectivity index (χ4v) is 4.72. The van der Waals surface area contributed by atoms with E-state index in [-0.39, 0.29) is 36.0 Å². The van der Waals surface area contributed by atoms with Crippen LogP contribution in [0.5, 0.6) is 5.75 Å². The Morgan fingerprint density at radius 1 is 1.07 bits per heavy atom.